The molecule has 2 unspecified atom stereocenters. The third-order valence-electron chi connectivity index (χ3n) is 3.71. The first-order valence-corrected chi connectivity index (χ1v) is 8.78. The van der Waals surface area contributed by atoms with E-state index >= 15 is 0 Å². The van der Waals surface area contributed by atoms with E-state index in [4.69, 9.17) is 9.47 Å². The molecule has 2 aromatic carbocycles. The van der Waals surface area contributed by atoms with E-state index in [2.05, 4.69) is 48.5 Å². The van der Waals surface area contributed by atoms with Crippen LogP contribution in [0.25, 0.3) is 0 Å². The summed E-state index contributed by atoms with van der Waals surface area (Å²) < 4.78 is 12.5. The molecule has 2 aromatic rings. The minimum atomic E-state index is -0.432. The first-order chi connectivity index (χ1) is 9.87. The molecule has 102 valence electrons. The van der Waals surface area contributed by atoms with Gasteiger partial charge in [-0.3, -0.25) is 0 Å². The van der Waals surface area contributed by atoms with Gasteiger partial charge in [0, 0.05) is 0 Å². The van der Waals surface area contributed by atoms with E-state index in [9.17, 15) is 0 Å². The van der Waals surface area contributed by atoms with E-state index in [0.717, 1.165) is 0 Å². The maximum absolute atomic E-state index is 6.23. The van der Waals surface area contributed by atoms with Crippen LogP contribution in [0.5, 0.6) is 0 Å². The smallest absolute Gasteiger partial charge is 0.192 e. The van der Waals surface area contributed by atoms with Crippen LogP contribution in [0.15, 0.2) is 60.7 Å². The molecule has 0 aliphatic carbocycles. The van der Waals surface area contributed by atoms with Crippen LogP contribution >= 0.6 is 21.6 Å². The van der Waals surface area contributed by atoms with Crippen molar-refractivity contribution in [2.45, 2.75) is 9.87 Å². The van der Waals surface area contributed by atoms with Gasteiger partial charge in [-0.2, -0.15) is 0 Å². The molecule has 0 spiro atoms. The zero-order valence-corrected chi connectivity index (χ0v) is 12.5. The summed E-state index contributed by atoms with van der Waals surface area (Å²) in [7, 11) is 3.51. The van der Waals surface area contributed by atoms with E-state index in [1.165, 1.54) is 11.1 Å². The van der Waals surface area contributed by atoms with Gasteiger partial charge in [0.2, 0.25) is 0 Å². The fraction of sp³-hybridized carbons (Fsp3) is 0.250. The Kier molecular flexibility index (Phi) is 3.07. The Labute approximate surface area is 126 Å². The molecule has 0 bridgehead atoms. The molecule has 2 atom stereocenters. The average Bonchev–Trinajstić information content (AvgIpc) is 2.51. The molecule has 2 nitrogen and oxygen atoms in total. The summed E-state index contributed by atoms with van der Waals surface area (Å²) in [6.45, 7) is 1.27. The molecule has 0 amide bonds. The highest BCUT2D eigenvalue weighted by Gasteiger charge is 2.67. The van der Waals surface area contributed by atoms with Gasteiger partial charge in [0.25, 0.3) is 0 Å². The van der Waals surface area contributed by atoms with Crippen molar-refractivity contribution >= 4 is 21.6 Å². The Morgan fingerprint density at radius 2 is 1.05 bits per heavy atom. The molecule has 0 radical (unpaired) electrons. The monoisotopic (exact) mass is 302 g/mol. The fourth-order valence-corrected chi connectivity index (χ4v) is 6.25. The van der Waals surface area contributed by atoms with Crippen molar-refractivity contribution in [3.05, 3.63) is 71.8 Å². The lowest BCUT2D eigenvalue weighted by atomic mass is 9.95. The maximum Gasteiger partial charge on any atom is 0.192 e. The fourth-order valence-electron chi connectivity index (χ4n) is 2.76. The van der Waals surface area contributed by atoms with Crippen LogP contribution in [-0.2, 0) is 19.3 Å². The first kappa shape index (κ1) is 12.8. The number of rotatable bonds is 2. The molecule has 4 heteroatoms. The summed E-state index contributed by atoms with van der Waals surface area (Å²) in [5, 5.41) is 0. The second-order valence-corrected chi connectivity index (χ2v) is 7.31. The second kappa shape index (κ2) is 4.81. The minimum absolute atomic E-state index is 0.432. The summed E-state index contributed by atoms with van der Waals surface area (Å²) in [4.78, 5) is -0.864. The number of hydrogen-bond acceptors (Lipinski definition) is 4. The Morgan fingerprint density at radius 1 is 0.650 bits per heavy atom. The summed E-state index contributed by atoms with van der Waals surface area (Å²) in [6.07, 6.45) is 0. The van der Waals surface area contributed by atoms with E-state index in [1.54, 1.807) is 21.6 Å². The highest BCUT2D eigenvalue weighted by atomic mass is 33.1. The molecular formula is C16H14O2S2. The van der Waals surface area contributed by atoms with Crippen LogP contribution in [0.4, 0.5) is 0 Å². The third kappa shape index (κ3) is 1.62. The van der Waals surface area contributed by atoms with Gasteiger partial charge in [-0.15, -0.1) is 0 Å². The molecule has 2 aliphatic heterocycles. The summed E-state index contributed by atoms with van der Waals surface area (Å²) in [6, 6.07) is 20.8. The Bertz CT molecular complexity index is 549. The average molecular weight is 302 g/mol. The van der Waals surface area contributed by atoms with Crippen molar-refractivity contribution in [3.8, 4) is 0 Å². The van der Waals surface area contributed by atoms with Gasteiger partial charge in [0.15, 0.2) is 9.87 Å². The van der Waals surface area contributed by atoms with Gasteiger partial charge in [-0.1, -0.05) is 60.7 Å². The first-order valence-electron chi connectivity index (χ1n) is 6.63. The Hall–Kier alpha value is -0.940. The van der Waals surface area contributed by atoms with Crippen molar-refractivity contribution in [1.82, 2.24) is 0 Å². The van der Waals surface area contributed by atoms with Crippen LogP contribution in [-0.4, -0.2) is 13.2 Å². The van der Waals surface area contributed by atoms with Gasteiger partial charge < -0.3 is 9.47 Å². The van der Waals surface area contributed by atoms with Gasteiger partial charge in [0.05, 0.1) is 13.2 Å². The molecule has 2 aliphatic rings. The molecule has 0 aromatic heterocycles. The Balaban J connectivity index is 1.86. The van der Waals surface area contributed by atoms with Crippen LogP contribution in [0.2, 0.25) is 0 Å². The SMILES string of the molecule is c1ccc(C23OCCOC2(c2ccccc2)SS3)cc1. The number of benzene rings is 2. The summed E-state index contributed by atoms with van der Waals surface area (Å²) in [5.41, 5.74) is 2.35. The summed E-state index contributed by atoms with van der Waals surface area (Å²) >= 11 is 0. The molecule has 20 heavy (non-hydrogen) atoms. The predicted octanol–water partition coefficient (Wildman–Crippen LogP) is 4.13. The Morgan fingerprint density at radius 3 is 1.40 bits per heavy atom. The number of ether oxygens (including phenoxy) is 2. The normalized spacial score (nSPS) is 32.2. The predicted molar refractivity (Wildman–Crippen MR) is 83.3 cm³/mol. The quantitative estimate of drug-likeness (QED) is 0.776. The molecule has 2 heterocycles. The molecule has 0 N–H and O–H groups in total. The van der Waals surface area contributed by atoms with E-state index in [1.807, 2.05) is 12.1 Å². The van der Waals surface area contributed by atoms with Crippen molar-refractivity contribution in [1.29, 1.82) is 0 Å². The topological polar surface area (TPSA) is 18.5 Å². The van der Waals surface area contributed by atoms with Crippen LogP contribution in [0.3, 0.4) is 0 Å². The standard InChI is InChI=1S/C16H14O2S2/c1-3-7-13(8-4-1)15-16(20-19-15,18-12-11-17-15)14-9-5-2-6-10-14/h1-10H,11-12H2. The van der Waals surface area contributed by atoms with Crippen molar-refractivity contribution in [2.24, 2.45) is 0 Å². The highest BCUT2D eigenvalue weighted by Crippen LogP contribution is 2.75. The molecule has 4 rings (SSSR count). The van der Waals surface area contributed by atoms with Crippen LogP contribution < -0.4 is 0 Å². The van der Waals surface area contributed by atoms with Crippen molar-refractivity contribution < 1.29 is 9.47 Å². The lowest BCUT2D eigenvalue weighted by Crippen LogP contribution is -2.57. The van der Waals surface area contributed by atoms with E-state index < -0.39 is 9.87 Å². The minimum Gasteiger partial charge on any atom is -0.352 e. The maximum atomic E-state index is 6.23. The lowest BCUT2D eigenvalue weighted by molar-refractivity contribution is -0.189. The third-order valence-corrected chi connectivity index (χ3v) is 7.33. The number of hydrogen-bond donors (Lipinski definition) is 0. The second-order valence-electron chi connectivity index (χ2n) is 4.83. The molecule has 2 fully saturated rings. The molecular weight excluding hydrogens is 288 g/mol. The lowest BCUT2D eigenvalue weighted by Gasteiger charge is -2.58. The summed E-state index contributed by atoms with van der Waals surface area (Å²) in [5.74, 6) is 0. The zero-order chi connectivity index (χ0) is 13.5. The van der Waals surface area contributed by atoms with E-state index in [-0.39, 0.29) is 0 Å². The van der Waals surface area contributed by atoms with Gasteiger partial charge in [0.1, 0.15) is 0 Å². The van der Waals surface area contributed by atoms with Crippen molar-refractivity contribution in [2.75, 3.05) is 13.2 Å². The van der Waals surface area contributed by atoms with Gasteiger partial charge in [-0.05, 0) is 32.7 Å². The molecule has 0 saturated carbocycles. The largest absolute Gasteiger partial charge is 0.352 e. The van der Waals surface area contributed by atoms with Crippen molar-refractivity contribution in [3.63, 3.8) is 0 Å². The van der Waals surface area contributed by atoms with E-state index in [0.29, 0.717) is 13.2 Å². The van der Waals surface area contributed by atoms with Crippen LogP contribution in [0.1, 0.15) is 11.1 Å². The zero-order valence-electron chi connectivity index (χ0n) is 10.8. The van der Waals surface area contributed by atoms with Gasteiger partial charge in [-0.25, -0.2) is 0 Å². The van der Waals surface area contributed by atoms with Crippen LogP contribution in [0, 0.1) is 0 Å². The number of fused-ring (bicyclic) bond motifs is 1. The highest BCUT2D eigenvalue weighted by molar-refractivity contribution is 8.80. The van der Waals surface area contributed by atoms with Gasteiger partial charge >= 0.3 is 0 Å². The molecule has 2 saturated heterocycles.